The molecule has 39 heavy (non-hydrogen) atoms. The molecule has 2 rings (SSSR count). The fourth-order valence-corrected chi connectivity index (χ4v) is 2.35. The van der Waals surface area contributed by atoms with Gasteiger partial charge in [-0.2, -0.15) is 13.2 Å². The minimum absolute atomic E-state index is 0.115. The first kappa shape index (κ1) is 34.7. The first-order valence-corrected chi connectivity index (χ1v) is 11.9. The van der Waals surface area contributed by atoms with Crippen molar-refractivity contribution in [3.05, 3.63) is 96.7 Å². The van der Waals surface area contributed by atoms with Gasteiger partial charge in [0.15, 0.2) is 11.4 Å². The van der Waals surface area contributed by atoms with E-state index >= 15 is 0 Å². The zero-order valence-corrected chi connectivity index (χ0v) is 22.8. The molecule has 0 radical (unpaired) electrons. The fourth-order valence-electron chi connectivity index (χ4n) is 2.35. The molecule has 0 atom stereocenters. The SMILES string of the molecule is C=C/C=C\C=C\N=C(COc1ccc(OC(C)(C)C(=O)O)cc1)N=CN.CC.Cc1ccc(C(F)(F)F)cc1. The van der Waals surface area contributed by atoms with Gasteiger partial charge in [0.25, 0.3) is 0 Å². The van der Waals surface area contributed by atoms with Gasteiger partial charge < -0.3 is 20.3 Å². The molecule has 0 unspecified atom stereocenters. The summed E-state index contributed by atoms with van der Waals surface area (Å²) in [6, 6.07) is 11.6. The smallest absolute Gasteiger partial charge is 0.416 e. The number of aliphatic imine (C=N–C) groups is 2. The van der Waals surface area contributed by atoms with Crippen LogP contribution in [0.5, 0.6) is 11.5 Å². The van der Waals surface area contributed by atoms with Crippen molar-refractivity contribution in [2.24, 2.45) is 15.7 Å². The highest BCUT2D eigenvalue weighted by Crippen LogP contribution is 2.28. The molecule has 0 aromatic heterocycles. The third kappa shape index (κ3) is 14.9. The molecule has 0 aliphatic heterocycles. The van der Waals surface area contributed by atoms with Crippen molar-refractivity contribution in [2.45, 2.75) is 46.4 Å². The Morgan fingerprint density at radius 3 is 2.05 bits per heavy atom. The molecule has 0 aliphatic carbocycles. The van der Waals surface area contributed by atoms with Gasteiger partial charge in [-0.05, 0) is 63.2 Å². The number of hydrogen-bond acceptors (Lipinski definition) is 4. The molecule has 0 amide bonds. The lowest BCUT2D eigenvalue weighted by molar-refractivity contribution is -0.152. The number of nitrogens with two attached hydrogens (primary N) is 1. The summed E-state index contributed by atoms with van der Waals surface area (Å²) in [7, 11) is 0. The van der Waals surface area contributed by atoms with Gasteiger partial charge in [0.2, 0.25) is 0 Å². The van der Waals surface area contributed by atoms with Gasteiger partial charge in [-0.25, -0.2) is 14.8 Å². The van der Waals surface area contributed by atoms with Crippen molar-refractivity contribution in [3.63, 3.8) is 0 Å². The van der Waals surface area contributed by atoms with Crippen LogP contribution in [-0.2, 0) is 11.0 Å². The zero-order valence-electron chi connectivity index (χ0n) is 22.8. The molecule has 7 nitrogen and oxygen atoms in total. The van der Waals surface area contributed by atoms with E-state index in [1.54, 1.807) is 61.7 Å². The van der Waals surface area contributed by atoms with E-state index in [9.17, 15) is 18.0 Å². The third-order valence-electron chi connectivity index (χ3n) is 4.35. The molecule has 2 aromatic rings. The van der Waals surface area contributed by atoms with Crippen LogP contribution >= 0.6 is 0 Å². The minimum Gasteiger partial charge on any atom is -0.486 e. The fraction of sp³-hybridized carbons (Fsp3) is 0.276. The number of ether oxygens (including phenoxy) is 2. The van der Waals surface area contributed by atoms with Crippen molar-refractivity contribution in [2.75, 3.05) is 6.61 Å². The Hall–Kier alpha value is -4.34. The number of halogens is 3. The summed E-state index contributed by atoms with van der Waals surface area (Å²) in [6.07, 6.45) is 5.41. The van der Waals surface area contributed by atoms with Gasteiger partial charge in [-0.15, -0.1) is 0 Å². The number of aryl methyl sites for hydroxylation is 1. The van der Waals surface area contributed by atoms with E-state index in [4.69, 9.17) is 20.3 Å². The maximum atomic E-state index is 11.9. The number of benzene rings is 2. The van der Waals surface area contributed by atoms with Crippen LogP contribution in [0.4, 0.5) is 13.2 Å². The van der Waals surface area contributed by atoms with Crippen LogP contribution < -0.4 is 15.2 Å². The van der Waals surface area contributed by atoms with Crippen molar-refractivity contribution in [1.82, 2.24) is 0 Å². The molecule has 0 bridgehead atoms. The normalized spacial score (nSPS) is 11.9. The summed E-state index contributed by atoms with van der Waals surface area (Å²) >= 11 is 0. The molecule has 10 heteroatoms. The Bertz CT molecular complexity index is 1120. The van der Waals surface area contributed by atoms with Gasteiger partial charge >= 0.3 is 12.1 Å². The third-order valence-corrected chi connectivity index (χ3v) is 4.35. The van der Waals surface area contributed by atoms with Crippen molar-refractivity contribution < 1.29 is 32.5 Å². The second-order valence-electron chi connectivity index (χ2n) is 7.83. The monoisotopic (exact) mass is 547 g/mol. The number of carbonyl (C=O) groups is 1. The molecule has 2 aromatic carbocycles. The van der Waals surface area contributed by atoms with Crippen LogP contribution in [0.15, 0.2) is 95.6 Å². The summed E-state index contributed by atoms with van der Waals surface area (Å²) in [4.78, 5) is 19.2. The topological polar surface area (TPSA) is 106 Å². The number of allylic oxidation sites excluding steroid dienone is 4. The van der Waals surface area contributed by atoms with E-state index in [0.717, 1.165) is 24.0 Å². The molecule has 0 heterocycles. The van der Waals surface area contributed by atoms with E-state index in [1.165, 1.54) is 26.0 Å². The Balaban J connectivity index is 0.000000920. The lowest BCUT2D eigenvalue weighted by atomic mass is 10.1. The molecular formula is C29H36F3N3O4. The number of carboxylic acids is 1. The number of amidine groups is 1. The highest BCUT2D eigenvalue weighted by atomic mass is 19.4. The average molecular weight is 548 g/mol. The van der Waals surface area contributed by atoms with Crippen molar-refractivity contribution in [3.8, 4) is 11.5 Å². The summed E-state index contributed by atoms with van der Waals surface area (Å²) in [5.41, 5.74) is 4.23. The van der Waals surface area contributed by atoms with E-state index < -0.39 is 23.3 Å². The number of hydrogen-bond donors (Lipinski definition) is 2. The maximum absolute atomic E-state index is 11.9. The Morgan fingerprint density at radius 1 is 1.00 bits per heavy atom. The van der Waals surface area contributed by atoms with Gasteiger partial charge in [0, 0.05) is 6.20 Å². The molecule has 0 saturated carbocycles. The Kier molecular flexibility index (Phi) is 16.0. The summed E-state index contributed by atoms with van der Waals surface area (Å²) < 4.78 is 46.8. The van der Waals surface area contributed by atoms with Crippen LogP contribution in [0.25, 0.3) is 0 Å². The maximum Gasteiger partial charge on any atom is 0.416 e. The van der Waals surface area contributed by atoms with Gasteiger partial charge in [-0.1, -0.05) is 56.4 Å². The predicted molar refractivity (Wildman–Crippen MR) is 150 cm³/mol. The quantitative estimate of drug-likeness (QED) is 0.200. The molecule has 3 N–H and O–H groups in total. The van der Waals surface area contributed by atoms with Gasteiger partial charge in [-0.3, -0.25) is 0 Å². The zero-order chi connectivity index (χ0) is 29.9. The largest absolute Gasteiger partial charge is 0.486 e. The lowest BCUT2D eigenvalue weighted by Gasteiger charge is -2.21. The van der Waals surface area contributed by atoms with Crippen molar-refractivity contribution in [1.29, 1.82) is 0 Å². The standard InChI is InChI=1S/C19H23N3O4.C8H7F3.C2H6/c1-4-5-6-7-12-21-17(22-14-20)13-25-15-8-10-16(11-9-15)26-19(2,3)18(23)24;1-6-2-4-7(5-3-6)8(9,10)11;1-2/h4-12,14H,1,13H2,2-3H3,(H,23,24)(H2,20,21,22);2-5H,1H3;1-2H3/b6-5-,12-7+;;. The van der Waals surface area contributed by atoms with Crippen molar-refractivity contribution >= 4 is 18.1 Å². The lowest BCUT2D eigenvalue weighted by Crippen LogP contribution is -2.37. The number of alkyl halides is 3. The Labute approximate surface area is 227 Å². The molecule has 0 aliphatic rings. The summed E-state index contributed by atoms with van der Waals surface area (Å²) in [5.74, 6) is 0.328. The van der Waals surface area contributed by atoms with Crippen LogP contribution in [0.3, 0.4) is 0 Å². The minimum atomic E-state index is -4.21. The Morgan fingerprint density at radius 2 is 1.56 bits per heavy atom. The number of carboxylic acid groups (broad SMARTS) is 1. The predicted octanol–water partition coefficient (Wildman–Crippen LogP) is 6.99. The van der Waals surface area contributed by atoms with E-state index in [1.807, 2.05) is 13.8 Å². The van der Waals surface area contributed by atoms with Crippen LogP contribution in [-0.4, -0.2) is 35.5 Å². The molecular weight excluding hydrogens is 511 g/mol. The van der Waals surface area contributed by atoms with Crippen LogP contribution in [0, 0.1) is 6.92 Å². The highest BCUT2D eigenvalue weighted by molar-refractivity contribution is 5.90. The molecule has 0 saturated heterocycles. The highest BCUT2D eigenvalue weighted by Gasteiger charge is 2.30. The van der Waals surface area contributed by atoms with E-state index in [2.05, 4.69) is 16.6 Å². The van der Waals surface area contributed by atoms with Crippen LogP contribution in [0.2, 0.25) is 0 Å². The summed E-state index contributed by atoms with van der Waals surface area (Å²) in [6.45, 7) is 12.4. The molecule has 0 fully saturated rings. The van der Waals surface area contributed by atoms with Crippen LogP contribution in [0.1, 0.15) is 38.8 Å². The first-order chi connectivity index (χ1) is 18.4. The van der Waals surface area contributed by atoms with E-state index in [-0.39, 0.29) is 6.61 Å². The molecule has 0 spiro atoms. The van der Waals surface area contributed by atoms with E-state index in [0.29, 0.717) is 17.3 Å². The van der Waals surface area contributed by atoms with Gasteiger partial charge in [0.1, 0.15) is 18.1 Å². The van der Waals surface area contributed by atoms with Gasteiger partial charge in [0.05, 0.1) is 11.9 Å². The number of rotatable bonds is 9. The molecule has 212 valence electrons. The average Bonchev–Trinajstić information content (AvgIpc) is 2.89. The number of nitrogens with zero attached hydrogens (tertiary/aromatic N) is 2. The second-order valence-corrected chi connectivity index (χ2v) is 7.83. The number of aliphatic carboxylic acids is 1. The first-order valence-electron chi connectivity index (χ1n) is 11.9. The summed E-state index contributed by atoms with van der Waals surface area (Å²) in [5, 5.41) is 9.07. The second kappa shape index (κ2) is 18.0.